The smallest absolute Gasteiger partial charge is 0.206 e. The van der Waals surface area contributed by atoms with Crippen LogP contribution in [0.4, 0.5) is 0 Å². The molecule has 0 aliphatic carbocycles. The summed E-state index contributed by atoms with van der Waals surface area (Å²) in [4.78, 5) is 0.331. The third-order valence-electron chi connectivity index (χ3n) is 3.18. The lowest BCUT2D eigenvalue weighted by atomic mass is 10.2. The highest BCUT2D eigenvalue weighted by Crippen LogP contribution is 2.50. The first kappa shape index (κ1) is 15.5. The average molecular weight is 289 g/mol. The van der Waals surface area contributed by atoms with Crippen LogP contribution < -0.4 is 4.13 Å². The lowest BCUT2D eigenvalue weighted by Gasteiger charge is -2.44. The Morgan fingerprint density at radius 1 is 1.00 bits per heavy atom. The number of hydrogen-bond acceptors (Lipinski definition) is 2. The normalized spacial score (nSPS) is 14.6. The van der Waals surface area contributed by atoms with Crippen molar-refractivity contribution in [1.29, 1.82) is 0 Å². The van der Waals surface area contributed by atoms with Gasteiger partial charge in [-0.2, -0.15) is 14.3 Å². The molecule has 1 aromatic carbocycles. The SMILES string of the molecule is Cc1ccc(S(=O)(=O)NS(C)(C)C(C)(C)C)cc1. The van der Waals surface area contributed by atoms with Crippen molar-refractivity contribution < 1.29 is 8.42 Å². The van der Waals surface area contributed by atoms with Gasteiger partial charge < -0.3 is 0 Å². The maximum absolute atomic E-state index is 12.3. The molecular formula is C13H23NO2S2. The summed E-state index contributed by atoms with van der Waals surface area (Å²) >= 11 is 0. The lowest BCUT2D eigenvalue weighted by Crippen LogP contribution is -2.37. The highest BCUT2D eigenvalue weighted by Gasteiger charge is 2.32. The Bertz CT molecular complexity index is 511. The van der Waals surface area contributed by atoms with E-state index in [0.717, 1.165) is 5.56 Å². The van der Waals surface area contributed by atoms with Crippen LogP contribution in [0.3, 0.4) is 0 Å². The highest BCUT2D eigenvalue weighted by atomic mass is 32.3. The topological polar surface area (TPSA) is 46.2 Å². The van der Waals surface area contributed by atoms with Crippen molar-refractivity contribution in [2.24, 2.45) is 0 Å². The first-order valence-electron chi connectivity index (χ1n) is 5.79. The van der Waals surface area contributed by atoms with Crippen LogP contribution in [0.5, 0.6) is 0 Å². The van der Waals surface area contributed by atoms with Crippen molar-refractivity contribution in [2.45, 2.75) is 37.3 Å². The minimum absolute atomic E-state index is 0.0786. The predicted octanol–water partition coefficient (Wildman–Crippen LogP) is 3.05. The molecule has 0 heterocycles. The second kappa shape index (κ2) is 4.87. The van der Waals surface area contributed by atoms with E-state index >= 15 is 0 Å². The molecule has 3 nitrogen and oxygen atoms in total. The number of benzene rings is 1. The van der Waals surface area contributed by atoms with Crippen LogP contribution in [0.25, 0.3) is 0 Å². The second-order valence-corrected chi connectivity index (χ2v) is 11.9. The lowest BCUT2D eigenvalue weighted by molar-refractivity contribution is 0.593. The van der Waals surface area contributed by atoms with Crippen molar-refractivity contribution in [3.63, 3.8) is 0 Å². The molecule has 0 aromatic heterocycles. The molecule has 0 aliphatic rings. The van der Waals surface area contributed by atoms with Gasteiger partial charge in [0.15, 0.2) is 0 Å². The van der Waals surface area contributed by atoms with Crippen molar-refractivity contribution >= 4 is 20.2 Å². The maximum Gasteiger partial charge on any atom is 0.248 e. The Morgan fingerprint density at radius 2 is 1.44 bits per heavy atom. The van der Waals surface area contributed by atoms with Gasteiger partial charge in [0, 0.05) is 4.75 Å². The third kappa shape index (κ3) is 3.49. The fraction of sp³-hybridized carbons (Fsp3) is 0.538. The van der Waals surface area contributed by atoms with Crippen LogP contribution in [0.2, 0.25) is 0 Å². The van der Waals surface area contributed by atoms with Gasteiger partial charge in [0.2, 0.25) is 10.0 Å². The van der Waals surface area contributed by atoms with E-state index in [1.807, 2.05) is 31.6 Å². The van der Waals surface area contributed by atoms with Crippen LogP contribution in [0, 0.1) is 6.92 Å². The number of sulfonamides is 1. The zero-order valence-corrected chi connectivity index (χ0v) is 13.6. The summed E-state index contributed by atoms with van der Waals surface area (Å²) in [6.45, 7) is 8.11. The minimum Gasteiger partial charge on any atom is -0.206 e. The molecule has 0 unspecified atom stereocenters. The van der Waals surface area contributed by atoms with Gasteiger partial charge in [0.1, 0.15) is 0 Å². The van der Waals surface area contributed by atoms with E-state index in [9.17, 15) is 8.42 Å². The molecule has 0 radical (unpaired) electrons. The molecular weight excluding hydrogens is 266 g/mol. The molecule has 18 heavy (non-hydrogen) atoms. The Kier molecular flexibility index (Phi) is 4.20. The van der Waals surface area contributed by atoms with Crippen LogP contribution in [-0.4, -0.2) is 25.7 Å². The van der Waals surface area contributed by atoms with Crippen molar-refractivity contribution in [1.82, 2.24) is 4.13 Å². The molecule has 0 saturated carbocycles. The van der Waals surface area contributed by atoms with Crippen LogP contribution >= 0.6 is 10.2 Å². The molecule has 0 bridgehead atoms. The fourth-order valence-electron chi connectivity index (χ4n) is 1.16. The van der Waals surface area contributed by atoms with Crippen LogP contribution in [0.15, 0.2) is 29.2 Å². The van der Waals surface area contributed by atoms with Gasteiger partial charge in [0.25, 0.3) is 0 Å². The average Bonchev–Trinajstić information content (AvgIpc) is 2.14. The van der Waals surface area contributed by atoms with E-state index in [0.29, 0.717) is 4.90 Å². The van der Waals surface area contributed by atoms with Crippen molar-refractivity contribution in [2.75, 3.05) is 12.5 Å². The standard InChI is InChI=1S/C13H23NO2S2/c1-11-7-9-12(10-8-11)18(15,16)14-17(5,6)13(2,3)4/h7-10,14H,1-6H3. The molecule has 0 fully saturated rings. The summed E-state index contributed by atoms with van der Waals surface area (Å²) in [5.74, 6) is 0. The van der Waals surface area contributed by atoms with E-state index in [4.69, 9.17) is 0 Å². The quantitative estimate of drug-likeness (QED) is 0.929. The summed E-state index contributed by atoms with van der Waals surface area (Å²) < 4.78 is 27.4. The Morgan fingerprint density at radius 3 is 1.83 bits per heavy atom. The first-order valence-corrected chi connectivity index (χ1v) is 9.72. The monoisotopic (exact) mass is 289 g/mol. The van der Waals surface area contributed by atoms with Crippen LogP contribution in [0.1, 0.15) is 26.3 Å². The van der Waals surface area contributed by atoms with Crippen LogP contribution in [-0.2, 0) is 10.0 Å². The van der Waals surface area contributed by atoms with E-state index in [-0.39, 0.29) is 4.75 Å². The second-order valence-electron chi connectivity index (χ2n) is 5.84. The molecule has 104 valence electrons. The van der Waals surface area contributed by atoms with E-state index < -0.39 is 20.2 Å². The molecule has 0 saturated heterocycles. The Balaban J connectivity index is 3.07. The molecule has 0 spiro atoms. The van der Waals surface area contributed by atoms with Gasteiger partial charge in [-0.3, -0.25) is 0 Å². The number of rotatable bonds is 3. The number of nitrogens with one attached hydrogen (secondary N) is 1. The summed E-state index contributed by atoms with van der Waals surface area (Å²) in [5.41, 5.74) is 1.05. The van der Waals surface area contributed by atoms with E-state index in [1.54, 1.807) is 12.1 Å². The third-order valence-corrected chi connectivity index (χ3v) is 9.68. The highest BCUT2D eigenvalue weighted by molar-refractivity contribution is 8.36. The summed E-state index contributed by atoms with van der Waals surface area (Å²) in [6, 6.07) is 6.92. The molecule has 0 aliphatic heterocycles. The summed E-state index contributed by atoms with van der Waals surface area (Å²) in [5, 5.41) is 0. The van der Waals surface area contributed by atoms with Gasteiger partial charge in [-0.25, -0.2) is 8.42 Å². The molecule has 5 heteroatoms. The molecule has 1 aromatic rings. The van der Waals surface area contributed by atoms with Crippen molar-refractivity contribution in [3.8, 4) is 0 Å². The van der Waals surface area contributed by atoms with E-state index in [2.05, 4.69) is 24.9 Å². The maximum atomic E-state index is 12.3. The molecule has 0 amide bonds. The number of aryl methyl sites for hydroxylation is 1. The molecule has 1 N–H and O–H groups in total. The Hall–Kier alpha value is -0.520. The zero-order valence-electron chi connectivity index (χ0n) is 11.9. The Labute approximate surface area is 112 Å². The minimum atomic E-state index is -3.43. The van der Waals surface area contributed by atoms with Gasteiger partial charge in [-0.15, -0.1) is 0 Å². The first-order chi connectivity index (χ1) is 7.96. The molecule has 0 atom stereocenters. The molecule has 1 rings (SSSR count). The van der Waals surface area contributed by atoms with E-state index in [1.165, 1.54) is 0 Å². The van der Waals surface area contributed by atoms with Gasteiger partial charge in [-0.1, -0.05) is 38.5 Å². The largest absolute Gasteiger partial charge is 0.248 e. The summed E-state index contributed by atoms with van der Waals surface area (Å²) in [6.07, 6.45) is 3.97. The van der Waals surface area contributed by atoms with Gasteiger partial charge in [-0.05, 0) is 31.6 Å². The number of hydrogen-bond donors (Lipinski definition) is 1. The predicted molar refractivity (Wildman–Crippen MR) is 80.7 cm³/mol. The summed E-state index contributed by atoms with van der Waals surface area (Å²) in [7, 11) is -4.88. The van der Waals surface area contributed by atoms with Gasteiger partial charge >= 0.3 is 0 Å². The van der Waals surface area contributed by atoms with Gasteiger partial charge in [0.05, 0.1) is 4.90 Å². The van der Waals surface area contributed by atoms with Crippen molar-refractivity contribution in [3.05, 3.63) is 29.8 Å². The fourth-order valence-corrected chi connectivity index (χ4v) is 5.24. The zero-order chi connectivity index (χ0) is 14.2.